The maximum absolute atomic E-state index is 12.5. The fourth-order valence-electron chi connectivity index (χ4n) is 2.86. The van der Waals surface area contributed by atoms with Crippen LogP contribution >= 0.6 is 0 Å². The highest BCUT2D eigenvalue weighted by Crippen LogP contribution is 2.25. The molecule has 0 bridgehead atoms. The number of hydrogen-bond donors (Lipinski definition) is 0. The molecule has 1 amide bonds. The standard InChI is InChI=1S/C22H25N3O2/c1-17(2)20-11-7-8-12-21(20)27-16-22(26)24(3)14-18-13-23-25(15-18)19-9-5-4-6-10-19/h4-13,15,17H,14,16H2,1-3H3. The molecular weight excluding hydrogens is 338 g/mol. The van der Waals surface area contributed by atoms with Gasteiger partial charge in [0.1, 0.15) is 5.75 Å². The van der Waals surface area contributed by atoms with Crippen molar-refractivity contribution in [3.05, 3.63) is 78.1 Å². The first kappa shape index (κ1) is 18.7. The Bertz CT molecular complexity index is 887. The van der Waals surface area contributed by atoms with Crippen molar-refractivity contribution in [2.45, 2.75) is 26.3 Å². The minimum absolute atomic E-state index is 0.0209. The van der Waals surface area contributed by atoms with Crippen LogP contribution in [0.2, 0.25) is 0 Å². The van der Waals surface area contributed by atoms with Crippen molar-refractivity contribution in [1.29, 1.82) is 0 Å². The lowest BCUT2D eigenvalue weighted by atomic mass is 10.0. The third-order valence-electron chi connectivity index (χ3n) is 4.39. The summed E-state index contributed by atoms with van der Waals surface area (Å²) in [6, 6.07) is 17.7. The number of hydrogen-bond acceptors (Lipinski definition) is 3. The lowest BCUT2D eigenvalue weighted by molar-refractivity contribution is -0.132. The third-order valence-corrected chi connectivity index (χ3v) is 4.39. The van der Waals surface area contributed by atoms with Gasteiger partial charge in [0.05, 0.1) is 11.9 Å². The van der Waals surface area contributed by atoms with E-state index in [2.05, 4.69) is 18.9 Å². The van der Waals surface area contributed by atoms with E-state index in [1.165, 1.54) is 0 Å². The molecule has 2 aromatic carbocycles. The summed E-state index contributed by atoms with van der Waals surface area (Å²) in [5.74, 6) is 1.05. The van der Waals surface area contributed by atoms with Crippen molar-refractivity contribution in [2.75, 3.05) is 13.7 Å². The number of amides is 1. The van der Waals surface area contributed by atoms with Crippen molar-refractivity contribution in [1.82, 2.24) is 14.7 Å². The van der Waals surface area contributed by atoms with E-state index in [1.54, 1.807) is 18.1 Å². The topological polar surface area (TPSA) is 47.4 Å². The smallest absolute Gasteiger partial charge is 0.260 e. The first-order valence-corrected chi connectivity index (χ1v) is 9.09. The van der Waals surface area contributed by atoms with E-state index < -0.39 is 0 Å². The molecule has 0 unspecified atom stereocenters. The Kier molecular flexibility index (Phi) is 5.91. The van der Waals surface area contributed by atoms with Gasteiger partial charge in [0.25, 0.3) is 5.91 Å². The van der Waals surface area contributed by atoms with E-state index in [-0.39, 0.29) is 12.5 Å². The monoisotopic (exact) mass is 363 g/mol. The third kappa shape index (κ3) is 4.76. The molecule has 0 aliphatic heterocycles. The Hall–Kier alpha value is -3.08. The molecule has 3 rings (SSSR count). The number of carbonyl (C=O) groups is 1. The molecule has 0 atom stereocenters. The van der Waals surface area contributed by atoms with Crippen LogP contribution < -0.4 is 4.74 Å². The summed E-state index contributed by atoms with van der Waals surface area (Å²) >= 11 is 0. The number of carbonyl (C=O) groups excluding carboxylic acids is 1. The molecule has 0 N–H and O–H groups in total. The Balaban J connectivity index is 1.58. The second-order valence-corrected chi connectivity index (χ2v) is 6.86. The number of rotatable bonds is 7. The summed E-state index contributed by atoms with van der Waals surface area (Å²) in [6.07, 6.45) is 3.72. The zero-order valence-corrected chi connectivity index (χ0v) is 16.0. The first-order valence-electron chi connectivity index (χ1n) is 9.09. The maximum Gasteiger partial charge on any atom is 0.260 e. The van der Waals surface area contributed by atoms with Gasteiger partial charge < -0.3 is 9.64 Å². The molecule has 0 saturated carbocycles. The number of benzene rings is 2. The quantitative estimate of drug-likeness (QED) is 0.637. The zero-order chi connectivity index (χ0) is 19.2. The van der Waals surface area contributed by atoms with Crippen LogP contribution in [0, 0.1) is 0 Å². The predicted octanol–water partition coefficient (Wildman–Crippen LogP) is 4.03. The number of ether oxygens (including phenoxy) is 1. The minimum atomic E-state index is -0.0685. The Morgan fingerprint density at radius 3 is 2.56 bits per heavy atom. The van der Waals surface area contributed by atoms with E-state index in [0.717, 1.165) is 22.6 Å². The largest absolute Gasteiger partial charge is 0.483 e. The summed E-state index contributed by atoms with van der Waals surface area (Å²) in [5.41, 5.74) is 3.07. The van der Waals surface area contributed by atoms with Crippen LogP contribution in [0.4, 0.5) is 0 Å². The van der Waals surface area contributed by atoms with Gasteiger partial charge in [-0.25, -0.2) is 4.68 Å². The molecule has 140 valence electrons. The van der Waals surface area contributed by atoms with Gasteiger partial charge >= 0.3 is 0 Å². The van der Waals surface area contributed by atoms with Crippen LogP contribution in [0.5, 0.6) is 5.75 Å². The molecule has 0 fully saturated rings. The summed E-state index contributed by atoms with van der Waals surface area (Å²) in [6.45, 7) is 4.73. The van der Waals surface area contributed by atoms with Gasteiger partial charge in [-0.3, -0.25) is 4.79 Å². The maximum atomic E-state index is 12.5. The molecule has 0 saturated heterocycles. The number of nitrogens with zero attached hydrogens (tertiary/aromatic N) is 3. The lowest BCUT2D eigenvalue weighted by Gasteiger charge is -2.18. The zero-order valence-electron chi connectivity index (χ0n) is 16.0. The number of aromatic nitrogens is 2. The van der Waals surface area contributed by atoms with E-state index in [0.29, 0.717) is 12.5 Å². The van der Waals surface area contributed by atoms with Crippen LogP contribution in [-0.4, -0.2) is 34.2 Å². The van der Waals surface area contributed by atoms with Gasteiger partial charge in [-0.1, -0.05) is 50.2 Å². The highest BCUT2D eigenvalue weighted by Gasteiger charge is 2.13. The SMILES string of the molecule is CC(C)c1ccccc1OCC(=O)N(C)Cc1cnn(-c2ccccc2)c1. The molecule has 5 nitrogen and oxygen atoms in total. The highest BCUT2D eigenvalue weighted by atomic mass is 16.5. The van der Waals surface area contributed by atoms with Gasteiger partial charge in [-0.2, -0.15) is 5.10 Å². The van der Waals surface area contributed by atoms with Crippen LogP contribution in [0.15, 0.2) is 67.0 Å². The predicted molar refractivity (Wildman–Crippen MR) is 106 cm³/mol. The molecule has 0 aliphatic carbocycles. The van der Waals surface area contributed by atoms with Crippen molar-refractivity contribution in [2.24, 2.45) is 0 Å². The van der Waals surface area contributed by atoms with E-state index >= 15 is 0 Å². The average molecular weight is 363 g/mol. The van der Waals surface area contributed by atoms with E-state index in [9.17, 15) is 4.79 Å². The minimum Gasteiger partial charge on any atom is -0.483 e. The highest BCUT2D eigenvalue weighted by molar-refractivity contribution is 5.77. The fourth-order valence-corrected chi connectivity index (χ4v) is 2.86. The van der Waals surface area contributed by atoms with Crippen LogP contribution in [0.3, 0.4) is 0 Å². The normalized spacial score (nSPS) is 10.8. The van der Waals surface area contributed by atoms with Crippen molar-refractivity contribution >= 4 is 5.91 Å². The lowest BCUT2D eigenvalue weighted by Crippen LogP contribution is -2.31. The van der Waals surface area contributed by atoms with Gasteiger partial charge in [0.15, 0.2) is 6.61 Å². The Morgan fingerprint density at radius 1 is 1.11 bits per heavy atom. The van der Waals surface area contributed by atoms with Crippen molar-refractivity contribution < 1.29 is 9.53 Å². The summed E-state index contributed by atoms with van der Waals surface area (Å²) in [4.78, 5) is 14.1. The number of likely N-dealkylation sites (N-methyl/N-ethyl adjacent to an activating group) is 1. The number of para-hydroxylation sites is 2. The molecule has 5 heteroatoms. The van der Waals surface area contributed by atoms with Gasteiger partial charge in [0, 0.05) is 25.4 Å². The van der Waals surface area contributed by atoms with Crippen molar-refractivity contribution in [3.63, 3.8) is 0 Å². The Labute approximate surface area is 160 Å². The molecule has 0 spiro atoms. The van der Waals surface area contributed by atoms with Gasteiger partial charge in [0.2, 0.25) is 0 Å². The summed E-state index contributed by atoms with van der Waals surface area (Å²) < 4.78 is 7.59. The Morgan fingerprint density at radius 2 is 1.81 bits per heavy atom. The van der Waals surface area contributed by atoms with Crippen LogP contribution in [0.25, 0.3) is 5.69 Å². The molecule has 0 aliphatic rings. The van der Waals surface area contributed by atoms with Crippen molar-refractivity contribution in [3.8, 4) is 11.4 Å². The molecule has 27 heavy (non-hydrogen) atoms. The molecule has 0 radical (unpaired) electrons. The molecule has 3 aromatic rings. The summed E-state index contributed by atoms with van der Waals surface area (Å²) in [5, 5.41) is 4.37. The van der Waals surface area contributed by atoms with Crippen LogP contribution in [0.1, 0.15) is 30.9 Å². The van der Waals surface area contributed by atoms with Gasteiger partial charge in [-0.15, -0.1) is 0 Å². The second kappa shape index (κ2) is 8.54. The molecule has 1 heterocycles. The second-order valence-electron chi connectivity index (χ2n) is 6.86. The average Bonchev–Trinajstić information content (AvgIpc) is 3.15. The summed E-state index contributed by atoms with van der Waals surface area (Å²) in [7, 11) is 1.78. The van der Waals surface area contributed by atoms with E-state index in [1.807, 2.05) is 65.5 Å². The fraction of sp³-hybridized carbons (Fsp3) is 0.273. The van der Waals surface area contributed by atoms with Crippen LogP contribution in [-0.2, 0) is 11.3 Å². The molecular formula is C22H25N3O2. The van der Waals surface area contributed by atoms with Gasteiger partial charge in [-0.05, 0) is 29.7 Å². The first-order chi connectivity index (χ1) is 13.0. The molecule has 1 aromatic heterocycles. The van der Waals surface area contributed by atoms with E-state index in [4.69, 9.17) is 4.74 Å².